The van der Waals surface area contributed by atoms with E-state index in [1.165, 1.54) is 16.7 Å². The molecule has 0 heterocycles. The minimum Gasteiger partial charge on any atom is -0.481 e. The molecule has 2 aromatic carbocycles. The lowest BCUT2D eigenvalue weighted by Crippen LogP contribution is -2.39. The van der Waals surface area contributed by atoms with Crippen LogP contribution in [0.15, 0.2) is 36.4 Å². The van der Waals surface area contributed by atoms with E-state index in [2.05, 4.69) is 44.3 Å². The summed E-state index contributed by atoms with van der Waals surface area (Å²) in [5.74, 6) is 0.665. The SMILES string of the molecule is CC[C@@H](Oc1ccc(C)c(C)c1)C(=O)N[C@H](C)c1cc(C)ccc1C. The molecule has 2 aromatic rings. The van der Waals surface area contributed by atoms with E-state index < -0.39 is 6.10 Å². The van der Waals surface area contributed by atoms with Gasteiger partial charge in [-0.1, -0.05) is 36.8 Å². The van der Waals surface area contributed by atoms with E-state index in [4.69, 9.17) is 4.74 Å². The first-order valence-corrected chi connectivity index (χ1v) is 8.93. The van der Waals surface area contributed by atoms with Gasteiger partial charge < -0.3 is 10.1 Å². The number of hydrogen-bond donors (Lipinski definition) is 1. The van der Waals surface area contributed by atoms with Crippen LogP contribution in [0.4, 0.5) is 0 Å². The Morgan fingerprint density at radius 2 is 1.68 bits per heavy atom. The van der Waals surface area contributed by atoms with Crippen molar-refractivity contribution in [3.05, 3.63) is 64.2 Å². The molecule has 0 saturated carbocycles. The molecule has 0 unspecified atom stereocenters. The maximum Gasteiger partial charge on any atom is 0.261 e. The molecule has 3 heteroatoms. The fourth-order valence-corrected chi connectivity index (χ4v) is 2.88. The van der Waals surface area contributed by atoms with Gasteiger partial charge in [0.2, 0.25) is 0 Å². The highest BCUT2D eigenvalue weighted by atomic mass is 16.5. The van der Waals surface area contributed by atoms with Crippen LogP contribution in [0.1, 0.15) is 54.1 Å². The van der Waals surface area contributed by atoms with Crippen molar-refractivity contribution in [3.8, 4) is 5.75 Å². The van der Waals surface area contributed by atoms with E-state index >= 15 is 0 Å². The molecule has 0 spiro atoms. The average molecular weight is 339 g/mol. The number of nitrogens with one attached hydrogen (secondary N) is 1. The Hall–Kier alpha value is -2.29. The Balaban J connectivity index is 2.08. The molecule has 0 bridgehead atoms. The summed E-state index contributed by atoms with van der Waals surface area (Å²) in [7, 11) is 0. The van der Waals surface area contributed by atoms with Gasteiger partial charge in [-0.05, 0) is 75.4 Å². The summed E-state index contributed by atoms with van der Waals surface area (Å²) in [6.45, 7) is 12.2. The van der Waals surface area contributed by atoms with Crippen molar-refractivity contribution in [3.63, 3.8) is 0 Å². The van der Waals surface area contributed by atoms with E-state index in [1.54, 1.807) is 0 Å². The summed E-state index contributed by atoms with van der Waals surface area (Å²) in [6.07, 6.45) is 0.132. The van der Waals surface area contributed by atoms with Gasteiger partial charge in [0.25, 0.3) is 5.91 Å². The van der Waals surface area contributed by atoms with Gasteiger partial charge in [-0.3, -0.25) is 4.79 Å². The van der Waals surface area contributed by atoms with E-state index in [9.17, 15) is 4.79 Å². The van der Waals surface area contributed by atoms with Gasteiger partial charge in [0.15, 0.2) is 6.10 Å². The molecule has 0 aromatic heterocycles. The lowest BCUT2D eigenvalue weighted by Gasteiger charge is -2.22. The second kappa shape index (κ2) is 8.19. The number of benzene rings is 2. The molecule has 2 atom stereocenters. The van der Waals surface area contributed by atoms with Crippen LogP contribution in [-0.4, -0.2) is 12.0 Å². The number of carbonyl (C=O) groups excluding carboxylic acids is 1. The molecule has 1 N–H and O–H groups in total. The minimum atomic E-state index is -0.491. The van der Waals surface area contributed by atoms with Crippen LogP contribution in [0.2, 0.25) is 0 Å². The van der Waals surface area contributed by atoms with Crippen LogP contribution in [0, 0.1) is 27.7 Å². The fourth-order valence-electron chi connectivity index (χ4n) is 2.88. The predicted octanol–water partition coefficient (Wildman–Crippen LogP) is 4.96. The summed E-state index contributed by atoms with van der Waals surface area (Å²) in [5, 5.41) is 3.10. The number of aryl methyl sites for hydroxylation is 4. The summed E-state index contributed by atoms with van der Waals surface area (Å²) >= 11 is 0. The average Bonchev–Trinajstić information content (AvgIpc) is 2.57. The molecule has 0 aliphatic rings. The van der Waals surface area contributed by atoms with Gasteiger partial charge in [0.1, 0.15) is 5.75 Å². The van der Waals surface area contributed by atoms with Crippen molar-refractivity contribution in [2.75, 3.05) is 0 Å². The van der Waals surface area contributed by atoms with Crippen molar-refractivity contribution in [1.82, 2.24) is 5.32 Å². The Labute approximate surface area is 151 Å². The highest BCUT2D eigenvalue weighted by Crippen LogP contribution is 2.21. The molecule has 0 aliphatic heterocycles. The Kier molecular flexibility index (Phi) is 6.24. The van der Waals surface area contributed by atoms with E-state index in [0.717, 1.165) is 16.9 Å². The van der Waals surface area contributed by atoms with Gasteiger partial charge in [0, 0.05) is 0 Å². The van der Waals surface area contributed by atoms with Gasteiger partial charge in [-0.25, -0.2) is 0 Å². The number of carbonyl (C=O) groups is 1. The normalized spacial score (nSPS) is 13.2. The topological polar surface area (TPSA) is 38.3 Å². The zero-order valence-electron chi connectivity index (χ0n) is 16.1. The van der Waals surface area contributed by atoms with E-state index in [0.29, 0.717) is 6.42 Å². The molecule has 25 heavy (non-hydrogen) atoms. The third kappa shape index (κ3) is 4.85. The third-order valence-corrected chi connectivity index (χ3v) is 4.68. The monoisotopic (exact) mass is 339 g/mol. The second-order valence-electron chi connectivity index (χ2n) is 6.85. The lowest BCUT2D eigenvalue weighted by atomic mass is 10.00. The molecule has 2 rings (SSSR count). The molecule has 0 saturated heterocycles. The van der Waals surface area contributed by atoms with Crippen LogP contribution >= 0.6 is 0 Å². The summed E-state index contributed by atoms with van der Waals surface area (Å²) in [4.78, 5) is 12.7. The first-order chi connectivity index (χ1) is 11.8. The van der Waals surface area contributed by atoms with Crippen molar-refractivity contribution in [1.29, 1.82) is 0 Å². The van der Waals surface area contributed by atoms with Crippen molar-refractivity contribution >= 4 is 5.91 Å². The van der Waals surface area contributed by atoms with Crippen LogP contribution in [0.5, 0.6) is 5.75 Å². The minimum absolute atomic E-state index is 0.0511. The molecule has 0 fully saturated rings. The van der Waals surface area contributed by atoms with Gasteiger partial charge in [-0.15, -0.1) is 0 Å². The van der Waals surface area contributed by atoms with Gasteiger partial charge in [-0.2, -0.15) is 0 Å². The van der Waals surface area contributed by atoms with Crippen LogP contribution in [-0.2, 0) is 4.79 Å². The summed E-state index contributed by atoms with van der Waals surface area (Å²) in [5.41, 5.74) is 5.90. The number of rotatable bonds is 6. The van der Waals surface area contributed by atoms with E-state index in [1.807, 2.05) is 39.0 Å². The first kappa shape index (κ1) is 19.0. The van der Waals surface area contributed by atoms with Crippen molar-refractivity contribution < 1.29 is 9.53 Å². The van der Waals surface area contributed by atoms with Crippen LogP contribution in [0.3, 0.4) is 0 Å². The van der Waals surface area contributed by atoms with Gasteiger partial charge in [0.05, 0.1) is 6.04 Å². The predicted molar refractivity (Wildman–Crippen MR) is 103 cm³/mol. The molecular formula is C22H29NO2. The smallest absolute Gasteiger partial charge is 0.261 e. The quantitative estimate of drug-likeness (QED) is 0.808. The Morgan fingerprint density at radius 3 is 2.32 bits per heavy atom. The molecule has 134 valence electrons. The lowest BCUT2D eigenvalue weighted by molar-refractivity contribution is -0.128. The number of hydrogen-bond acceptors (Lipinski definition) is 2. The zero-order valence-corrected chi connectivity index (χ0v) is 16.1. The summed E-state index contributed by atoms with van der Waals surface area (Å²) < 4.78 is 5.94. The third-order valence-electron chi connectivity index (χ3n) is 4.68. The standard InChI is InChI=1S/C22H29NO2/c1-7-21(25-19-11-10-15(3)17(5)13-19)22(24)23-18(6)20-12-14(2)8-9-16(20)4/h8-13,18,21H,7H2,1-6H3,(H,23,24)/t18-,21-/m1/s1. The number of amides is 1. The Morgan fingerprint density at radius 1 is 1.00 bits per heavy atom. The first-order valence-electron chi connectivity index (χ1n) is 8.93. The van der Waals surface area contributed by atoms with Crippen molar-refractivity contribution in [2.24, 2.45) is 0 Å². The fraction of sp³-hybridized carbons (Fsp3) is 0.409. The molecule has 0 aliphatic carbocycles. The van der Waals surface area contributed by atoms with Crippen LogP contribution in [0.25, 0.3) is 0 Å². The Bertz CT molecular complexity index is 752. The number of ether oxygens (including phenoxy) is 1. The largest absolute Gasteiger partial charge is 0.481 e. The molecule has 3 nitrogen and oxygen atoms in total. The molecular weight excluding hydrogens is 310 g/mol. The molecule has 1 amide bonds. The summed E-state index contributed by atoms with van der Waals surface area (Å²) in [6, 6.07) is 12.2. The van der Waals surface area contributed by atoms with Gasteiger partial charge >= 0.3 is 0 Å². The maximum atomic E-state index is 12.7. The van der Waals surface area contributed by atoms with E-state index in [-0.39, 0.29) is 11.9 Å². The van der Waals surface area contributed by atoms with Crippen molar-refractivity contribution in [2.45, 2.75) is 60.1 Å². The molecule has 0 radical (unpaired) electrons. The maximum absolute atomic E-state index is 12.7. The van der Waals surface area contributed by atoms with Crippen LogP contribution < -0.4 is 10.1 Å². The highest BCUT2D eigenvalue weighted by molar-refractivity contribution is 5.81. The highest BCUT2D eigenvalue weighted by Gasteiger charge is 2.21. The zero-order chi connectivity index (χ0) is 18.6. The second-order valence-corrected chi connectivity index (χ2v) is 6.85.